The molecule has 0 radical (unpaired) electrons. The molecule has 0 spiro atoms. The van der Waals surface area contributed by atoms with Gasteiger partial charge in [0.2, 0.25) is 0 Å². The van der Waals surface area contributed by atoms with E-state index in [9.17, 15) is 0 Å². The van der Waals surface area contributed by atoms with Crippen molar-refractivity contribution in [2.24, 2.45) is 0 Å². The first-order valence-electron chi connectivity index (χ1n) is 4.85. The highest BCUT2D eigenvalue weighted by Crippen LogP contribution is 2.17. The van der Waals surface area contributed by atoms with E-state index in [2.05, 4.69) is 12.1 Å². The second-order valence-corrected chi connectivity index (χ2v) is 3.34. The fraction of sp³-hybridized carbons (Fsp3) is 0.333. The van der Waals surface area contributed by atoms with Gasteiger partial charge in [-0.25, -0.2) is 0 Å². The van der Waals surface area contributed by atoms with Crippen molar-refractivity contribution in [3.8, 4) is 5.75 Å². The van der Waals surface area contributed by atoms with E-state index in [1.54, 1.807) is 0 Å². The molecule has 0 bridgehead atoms. The third-order valence-electron chi connectivity index (χ3n) is 2.06. The van der Waals surface area contributed by atoms with E-state index in [-0.39, 0.29) is 0 Å². The standard InChI is InChI=1S/C12H14O2/c1-2-4-10-5-3-6-11(7-10)13-8-12-9-14-12/h2-7,12H,8-9H2,1H3/b4-2+. The highest BCUT2D eigenvalue weighted by molar-refractivity contribution is 5.51. The van der Waals surface area contributed by atoms with Crippen molar-refractivity contribution in [1.29, 1.82) is 0 Å². The van der Waals surface area contributed by atoms with Crippen LogP contribution in [0.15, 0.2) is 30.3 Å². The Labute approximate surface area is 84.2 Å². The molecule has 0 N–H and O–H groups in total. The Morgan fingerprint density at radius 1 is 1.57 bits per heavy atom. The van der Waals surface area contributed by atoms with Gasteiger partial charge in [0.25, 0.3) is 0 Å². The van der Waals surface area contributed by atoms with Crippen LogP contribution in [-0.4, -0.2) is 19.3 Å². The van der Waals surface area contributed by atoms with E-state index in [1.807, 2.05) is 31.2 Å². The van der Waals surface area contributed by atoms with Gasteiger partial charge in [-0.3, -0.25) is 0 Å². The second-order valence-electron chi connectivity index (χ2n) is 3.34. The molecule has 0 saturated carbocycles. The smallest absolute Gasteiger partial charge is 0.120 e. The number of ether oxygens (including phenoxy) is 2. The van der Waals surface area contributed by atoms with Crippen molar-refractivity contribution in [3.63, 3.8) is 0 Å². The summed E-state index contributed by atoms with van der Waals surface area (Å²) in [5.74, 6) is 0.913. The van der Waals surface area contributed by atoms with Gasteiger partial charge in [-0.05, 0) is 24.6 Å². The van der Waals surface area contributed by atoms with E-state index in [0.717, 1.165) is 12.4 Å². The van der Waals surface area contributed by atoms with Gasteiger partial charge in [0.05, 0.1) is 6.61 Å². The first kappa shape index (κ1) is 9.28. The predicted octanol–water partition coefficient (Wildman–Crippen LogP) is 2.50. The molecule has 1 aromatic rings. The zero-order valence-electron chi connectivity index (χ0n) is 8.27. The fourth-order valence-electron chi connectivity index (χ4n) is 1.25. The Bertz CT molecular complexity index is 327. The molecule has 1 atom stereocenters. The normalized spacial score (nSPS) is 19.9. The molecular weight excluding hydrogens is 176 g/mol. The molecule has 1 aliphatic heterocycles. The first-order chi connectivity index (χ1) is 6.88. The van der Waals surface area contributed by atoms with E-state index in [4.69, 9.17) is 9.47 Å². The number of epoxide rings is 1. The van der Waals surface area contributed by atoms with Crippen molar-refractivity contribution >= 4 is 6.08 Å². The number of allylic oxidation sites excluding steroid dienone is 1. The average Bonchev–Trinajstić information content (AvgIpc) is 2.99. The SMILES string of the molecule is C/C=C/c1cccc(OCC2CO2)c1. The van der Waals surface area contributed by atoms with Gasteiger partial charge in [0.15, 0.2) is 0 Å². The Morgan fingerprint density at radius 3 is 3.14 bits per heavy atom. The van der Waals surface area contributed by atoms with Gasteiger partial charge >= 0.3 is 0 Å². The summed E-state index contributed by atoms with van der Waals surface area (Å²) >= 11 is 0. The molecular formula is C12H14O2. The Kier molecular flexibility index (Phi) is 2.84. The summed E-state index contributed by atoms with van der Waals surface area (Å²) < 4.78 is 10.6. The monoisotopic (exact) mass is 190 g/mol. The lowest BCUT2D eigenvalue weighted by Gasteiger charge is -2.04. The van der Waals surface area contributed by atoms with Crippen molar-refractivity contribution in [2.75, 3.05) is 13.2 Å². The van der Waals surface area contributed by atoms with E-state index >= 15 is 0 Å². The van der Waals surface area contributed by atoms with Crippen LogP contribution in [0, 0.1) is 0 Å². The highest BCUT2D eigenvalue weighted by atomic mass is 16.6. The topological polar surface area (TPSA) is 21.8 Å². The van der Waals surface area contributed by atoms with Gasteiger partial charge < -0.3 is 9.47 Å². The molecule has 74 valence electrons. The third-order valence-corrected chi connectivity index (χ3v) is 2.06. The molecule has 1 heterocycles. The Balaban J connectivity index is 1.97. The van der Waals surface area contributed by atoms with Crippen LogP contribution in [0.2, 0.25) is 0 Å². The molecule has 1 unspecified atom stereocenters. The molecule has 0 aromatic heterocycles. The van der Waals surface area contributed by atoms with Crippen LogP contribution >= 0.6 is 0 Å². The summed E-state index contributed by atoms with van der Waals surface area (Å²) in [7, 11) is 0. The molecule has 2 rings (SSSR count). The van der Waals surface area contributed by atoms with Crippen LogP contribution in [0.1, 0.15) is 12.5 Å². The molecule has 1 aromatic carbocycles. The number of hydrogen-bond acceptors (Lipinski definition) is 2. The zero-order chi connectivity index (χ0) is 9.80. The van der Waals surface area contributed by atoms with E-state index < -0.39 is 0 Å². The van der Waals surface area contributed by atoms with E-state index in [0.29, 0.717) is 12.7 Å². The molecule has 2 nitrogen and oxygen atoms in total. The van der Waals surface area contributed by atoms with Crippen molar-refractivity contribution in [2.45, 2.75) is 13.0 Å². The number of benzene rings is 1. The molecule has 0 amide bonds. The molecule has 14 heavy (non-hydrogen) atoms. The maximum atomic E-state index is 5.56. The predicted molar refractivity (Wildman–Crippen MR) is 56.4 cm³/mol. The lowest BCUT2D eigenvalue weighted by molar-refractivity contribution is 0.263. The fourth-order valence-corrected chi connectivity index (χ4v) is 1.25. The third kappa shape index (κ3) is 2.60. The van der Waals surface area contributed by atoms with E-state index in [1.165, 1.54) is 5.56 Å². The molecule has 1 fully saturated rings. The van der Waals surface area contributed by atoms with Gasteiger partial charge in [-0.1, -0.05) is 24.3 Å². The summed E-state index contributed by atoms with van der Waals surface area (Å²) in [6, 6.07) is 8.05. The van der Waals surface area contributed by atoms with Crippen LogP contribution in [0.4, 0.5) is 0 Å². The van der Waals surface area contributed by atoms with Crippen LogP contribution in [-0.2, 0) is 4.74 Å². The molecule has 1 aliphatic rings. The zero-order valence-corrected chi connectivity index (χ0v) is 8.27. The van der Waals surface area contributed by atoms with Crippen molar-refractivity contribution in [3.05, 3.63) is 35.9 Å². The lowest BCUT2D eigenvalue weighted by atomic mass is 10.2. The van der Waals surface area contributed by atoms with Crippen molar-refractivity contribution in [1.82, 2.24) is 0 Å². The Hall–Kier alpha value is -1.28. The largest absolute Gasteiger partial charge is 0.491 e. The summed E-state index contributed by atoms with van der Waals surface area (Å²) in [5, 5.41) is 0. The summed E-state index contributed by atoms with van der Waals surface area (Å²) in [5.41, 5.74) is 1.17. The van der Waals surface area contributed by atoms with Crippen molar-refractivity contribution < 1.29 is 9.47 Å². The van der Waals surface area contributed by atoms with Crippen LogP contribution in [0.3, 0.4) is 0 Å². The van der Waals surface area contributed by atoms with Crippen LogP contribution in [0.5, 0.6) is 5.75 Å². The molecule has 0 aliphatic carbocycles. The van der Waals surface area contributed by atoms with Crippen LogP contribution in [0.25, 0.3) is 6.08 Å². The minimum absolute atomic E-state index is 0.320. The quantitative estimate of drug-likeness (QED) is 0.680. The molecule has 2 heteroatoms. The minimum Gasteiger partial charge on any atom is -0.491 e. The van der Waals surface area contributed by atoms with Gasteiger partial charge in [-0.15, -0.1) is 0 Å². The maximum absolute atomic E-state index is 5.56. The highest BCUT2D eigenvalue weighted by Gasteiger charge is 2.22. The lowest BCUT2D eigenvalue weighted by Crippen LogP contribution is -2.03. The minimum atomic E-state index is 0.320. The second kappa shape index (κ2) is 4.29. The van der Waals surface area contributed by atoms with Gasteiger partial charge in [-0.2, -0.15) is 0 Å². The summed E-state index contributed by atoms with van der Waals surface area (Å²) in [4.78, 5) is 0. The summed E-state index contributed by atoms with van der Waals surface area (Å²) in [6.07, 6.45) is 4.39. The number of hydrogen-bond donors (Lipinski definition) is 0. The van der Waals surface area contributed by atoms with Crippen LogP contribution < -0.4 is 4.74 Å². The maximum Gasteiger partial charge on any atom is 0.120 e. The average molecular weight is 190 g/mol. The Morgan fingerprint density at radius 2 is 2.43 bits per heavy atom. The number of rotatable bonds is 4. The molecule has 1 saturated heterocycles. The first-order valence-corrected chi connectivity index (χ1v) is 4.85. The van der Waals surface area contributed by atoms with Gasteiger partial charge in [0.1, 0.15) is 18.5 Å². The van der Waals surface area contributed by atoms with Gasteiger partial charge in [0, 0.05) is 0 Å². The summed E-state index contributed by atoms with van der Waals surface area (Å²) in [6.45, 7) is 3.51.